The van der Waals surface area contributed by atoms with Crippen LogP contribution in [0.3, 0.4) is 0 Å². The van der Waals surface area contributed by atoms with Crippen LogP contribution in [0.4, 0.5) is 4.39 Å². The van der Waals surface area contributed by atoms with Gasteiger partial charge in [0.25, 0.3) is 0 Å². The first-order chi connectivity index (χ1) is 21.1. The van der Waals surface area contributed by atoms with Crippen molar-refractivity contribution in [1.82, 2.24) is 15.5 Å². The maximum atomic E-state index is 13.9. The lowest BCUT2D eigenvalue weighted by Gasteiger charge is -2.42. The molecule has 2 aliphatic heterocycles. The van der Waals surface area contributed by atoms with Crippen molar-refractivity contribution in [3.63, 3.8) is 0 Å². The zero-order valence-corrected chi connectivity index (χ0v) is 27.7. The second-order valence-corrected chi connectivity index (χ2v) is 15.4. The van der Waals surface area contributed by atoms with Crippen molar-refractivity contribution in [3.05, 3.63) is 34.6 Å². The number of likely N-dealkylation sites (tertiary alicyclic amines) is 1. The molecule has 0 aromatic heterocycles. The highest BCUT2D eigenvalue weighted by Gasteiger charge is 2.42. The number of aliphatic carboxylic acids is 1. The minimum absolute atomic E-state index is 0.152. The first kappa shape index (κ1) is 33.4. The summed E-state index contributed by atoms with van der Waals surface area (Å²) in [6, 6.07) is 0.324. The van der Waals surface area contributed by atoms with Crippen LogP contribution in [0.25, 0.3) is 0 Å². The molecule has 5 aliphatic rings. The Labute approximate surface area is 265 Å². The Morgan fingerprint density at radius 2 is 1.91 bits per heavy atom. The van der Waals surface area contributed by atoms with Crippen LogP contribution in [-0.4, -0.2) is 66.7 Å². The van der Waals surface area contributed by atoms with Crippen molar-refractivity contribution in [2.45, 2.75) is 117 Å². The maximum Gasteiger partial charge on any atom is 0.308 e. The zero-order valence-electron chi connectivity index (χ0n) is 27.7. The summed E-state index contributed by atoms with van der Waals surface area (Å²) in [5, 5.41) is 16.9. The number of piperidine rings is 1. The summed E-state index contributed by atoms with van der Waals surface area (Å²) in [6.07, 6.45) is 15.9. The smallest absolute Gasteiger partial charge is 0.308 e. The summed E-state index contributed by atoms with van der Waals surface area (Å²) >= 11 is 0. The molecule has 6 nitrogen and oxygen atoms in total. The molecule has 7 heteroatoms. The van der Waals surface area contributed by atoms with Gasteiger partial charge < -0.3 is 20.6 Å². The Kier molecular flexibility index (Phi) is 11.4. The lowest BCUT2D eigenvalue weighted by atomic mass is 9.68. The number of rotatable bonds is 13. The Balaban J connectivity index is 1.14. The molecule has 0 amide bonds. The third-order valence-corrected chi connectivity index (χ3v) is 11.3. The maximum absolute atomic E-state index is 13.9. The number of nitrogens with one attached hydrogen (secondary N) is 2. The fourth-order valence-corrected chi connectivity index (χ4v) is 8.65. The van der Waals surface area contributed by atoms with Crippen molar-refractivity contribution in [1.29, 1.82) is 0 Å². The number of nitrogens with zero attached hydrogens (tertiary/aromatic N) is 1. The quantitative estimate of drug-likeness (QED) is 0.202. The van der Waals surface area contributed by atoms with Crippen LogP contribution < -0.4 is 10.6 Å². The van der Waals surface area contributed by atoms with Gasteiger partial charge in [0.2, 0.25) is 0 Å². The number of carbonyl (C=O) groups is 2. The second kappa shape index (κ2) is 15.1. The molecular formula is C37H58FN3O3. The molecule has 1 unspecified atom stereocenters. The molecule has 1 saturated heterocycles. The van der Waals surface area contributed by atoms with Crippen molar-refractivity contribution >= 4 is 12.3 Å². The summed E-state index contributed by atoms with van der Waals surface area (Å²) in [7, 11) is 0. The molecule has 0 radical (unpaired) electrons. The molecule has 2 heterocycles. The largest absolute Gasteiger partial charge is 0.481 e. The number of allylic oxidation sites excluding steroid dienone is 5. The number of carbonyl (C=O) groups excluding carboxylic acids is 1. The van der Waals surface area contributed by atoms with Gasteiger partial charge >= 0.3 is 5.97 Å². The molecule has 44 heavy (non-hydrogen) atoms. The average molecular weight is 612 g/mol. The normalized spacial score (nSPS) is 32.4. The summed E-state index contributed by atoms with van der Waals surface area (Å²) in [6.45, 7) is 13.0. The van der Waals surface area contributed by atoms with E-state index in [1.165, 1.54) is 37.8 Å². The van der Waals surface area contributed by atoms with Gasteiger partial charge in [-0.15, -0.1) is 0 Å². The molecule has 0 aromatic rings. The summed E-state index contributed by atoms with van der Waals surface area (Å²) in [5.74, 6) is 2.27. The SMILES string of the molecule is CC(C)C[C@H]1C=C(C2=CC[C@H](F)CC2)[C@@H](C2CC2)CC1CN1CCC(NCCC2=C(C=O)C[C@H](C(=O)O)[C@H](C(C)C)N2)CC1. The zero-order chi connectivity index (χ0) is 31.4. The molecule has 0 spiro atoms. The summed E-state index contributed by atoms with van der Waals surface area (Å²) in [4.78, 5) is 26.3. The molecule has 0 bridgehead atoms. The van der Waals surface area contributed by atoms with Crippen LogP contribution in [0.1, 0.15) is 98.3 Å². The monoisotopic (exact) mass is 611 g/mol. The Morgan fingerprint density at radius 3 is 2.50 bits per heavy atom. The van der Waals surface area contributed by atoms with E-state index >= 15 is 0 Å². The van der Waals surface area contributed by atoms with Gasteiger partial charge in [0.05, 0.1) is 5.92 Å². The van der Waals surface area contributed by atoms with Crippen LogP contribution in [0, 0.1) is 41.4 Å². The molecule has 6 atom stereocenters. The molecule has 0 aromatic carbocycles. The van der Waals surface area contributed by atoms with E-state index in [9.17, 15) is 19.1 Å². The predicted molar refractivity (Wildman–Crippen MR) is 175 cm³/mol. The third-order valence-electron chi connectivity index (χ3n) is 11.3. The number of alkyl halides is 1. The number of hydrogen-bond donors (Lipinski definition) is 3. The first-order valence-electron chi connectivity index (χ1n) is 17.8. The second-order valence-electron chi connectivity index (χ2n) is 15.4. The summed E-state index contributed by atoms with van der Waals surface area (Å²) < 4.78 is 13.9. The molecule has 5 rings (SSSR count). The number of aldehydes is 1. The van der Waals surface area contributed by atoms with E-state index < -0.39 is 18.1 Å². The standard InChI is InChI=1S/C37H58FN3O3/c1-23(2)17-27-18-32(26-7-9-30(38)10-8-26)33(25-5-6-25)19-28(27)21-41-15-12-31(13-16-41)39-14-11-35-29(22-42)20-34(37(43)44)36(40-35)24(3)4/h7,18,22-25,27-28,30-31,33-34,36,39-40H,5-6,8-17,19-21H2,1-4H3,(H,43,44)/t27-,28?,30-,33+,34-,36-/m0/s1. The van der Waals surface area contributed by atoms with Gasteiger partial charge in [-0.25, -0.2) is 4.39 Å². The van der Waals surface area contributed by atoms with E-state index in [0.717, 1.165) is 63.2 Å². The number of carboxylic acid groups (broad SMARTS) is 1. The topological polar surface area (TPSA) is 81.7 Å². The van der Waals surface area contributed by atoms with Crippen LogP contribution in [0.15, 0.2) is 34.6 Å². The highest BCUT2D eigenvalue weighted by atomic mass is 19.1. The van der Waals surface area contributed by atoms with Crippen molar-refractivity contribution in [2.75, 3.05) is 26.2 Å². The van der Waals surface area contributed by atoms with E-state index in [1.54, 1.807) is 5.57 Å². The Morgan fingerprint density at radius 1 is 1.16 bits per heavy atom. The van der Waals surface area contributed by atoms with Gasteiger partial charge in [-0.1, -0.05) is 39.8 Å². The van der Waals surface area contributed by atoms with Crippen LogP contribution in [0.5, 0.6) is 0 Å². The van der Waals surface area contributed by atoms with Crippen LogP contribution >= 0.6 is 0 Å². The number of carboxylic acids is 1. The van der Waals surface area contributed by atoms with Gasteiger partial charge in [-0.2, -0.15) is 0 Å². The Bertz CT molecular complexity index is 1100. The molecule has 3 N–H and O–H groups in total. The van der Waals surface area contributed by atoms with Crippen LogP contribution in [0.2, 0.25) is 0 Å². The molecule has 2 fully saturated rings. The lowest BCUT2D eigenvalue weighted by molar-refractivity contribution is -0.143. The third kappa shape index (κ3) is 8.43. The van der Waals surface area contributed by atoms with E-state index in [0.29, 0.717) is 54.5 Å². The minimum Gasteiger partial charge on any atom is -0.481 e. The van der Waals surface area contributed by atoms with Crippen molar-refractivity contribution in [2.24, 2.45) is 41.4 Å². The average Bonchev–Trinajstić information content (AvgIpc) is 3.84. The van der Waals surface area contributed by atoms with E-state index in [2.05, 4.69) is 41.5 Å². The van der Waals surface area contributed by atoms with Gasteiger partial charge in [0.1, 0.15) is 12.5 Å². The summed E-state index contributed by atoms with van der Waals surface area (Å²) in [5.41, 5.74) is 4.60. The van der Waals surface area contributed by atoms with Crippen LogP contribution in [-0.2, 0) is 9.59 Å². The van der Waals surface area contributed by atoms with Crippen molar-refractivity contribution < 1.29 is 19.1 Å². The predicted octanol–water partition coefficient (Wildman–Crippen LogP) is 6.69. The molecule has 3 aliphatic carbocycles. The Hall–Kier alpha value is -1.99. The fourth-order valence-electron chi connectivity index (χ4n) is 8.65. The highest BCUT2D eigenvalue weighted by molar-refractivity contribution is 5.79. The van der Waals surface area contributed by atoms with Gasteiger partial charge in [-0.3, -0.25) is 9.59 Å². The van der Waals surface area contributed by atoms with Gasteiger partial charge in [-0.05, 0) is 124 Å². The number of halogens is 1. The molecular weight excluding hydrogens is 553 g/mol. The molecule has 1 saturated carbocycles. The first-order valence-corrected chi connectivity index (χ1v) is 17.8. The molecule has 246 valence electrons. The van der Waals surface area contributed by atoms with E-state index in [1.807, 2.05) is 13.8 Å². The van der Waals surface area contributed by atoms with Gasteiger partial charge in [0.15, 0.2) is 0 Å². The van der Waals surface area contributed by atoms with Crippen molar-refractivity contribution in [3.8, 4) is 0 Å². The fraction of sp³-hybridized carbons (Fsp3) is 0.784. The minimum atomic E-state index is -0.833. The van der Waals surface area contributed by atoms with Gasteiger partial charge in [0, 0.05) is 42.9 Å². The highest BCUT2D eigenvalue weighted by Crippen LogP contribution is 2.51. The van der Waals surface area contributed by atoms with E-state index in [-0.39, 0.29) is 12.0 Å². The number of hydrogen-bond acceptors (Lipinski definition) is 5. The lowest BCUT2D eigenvalue weighted by Crippen LogP contribution is -2.48. The van der Waals surface area contributed by atoms with E-state index in [4.69, 9.17) is 0 Å².